The van der Waals surface area contributed by atoms with Gasteiger partial charge in [-0.3, -0.25) is 9.59 Å². The highest BCUT2D eigenvalue weighted by atomic mass is 19.1. The highest BCUT2D eigenvalue weighted by Crippen LogP contribution is 2.22. The van der Waals surface area contributed by atoms with E-state index in [0.29, 0.717) is 0 Å². The van der Waals surface area contributed by atoms with Crippen LogP contribution in [0, 0.1) is 5.82 Å². The number of carbonyl (C=O) groups excluding carboxylic acids is 2. The van der Waals surface area contributed by atoms with Crippen LogP contribution in [0.4, 0.5) is 4.39 Å². The minimum atomic E-state index is -0.674. The van der Waals surface area contributed by atoms with Crippen LogP contribution < -0.4 is 5.32 Å². The summed E-state index contributed by atoms with van der Waals surface area (Å²) in [6.45, 7) is 3.41. The molecule has 1 saturated heterocycles. The van der Waals surface area contributed by atoms with Gasteiger partial charge in [-0.2, -0.15) is 0 Å². The molecule has 5 heteroatoms. The van der Waals surface area contributed by atoms with E-state index in [-0.39, 0.29) is 30.0 Å². The van der Waals surface area contributed by atoms with Gasteiger partial charge in [0.1, 0.15) is 11.9 Å². The first-order valence-electron chi connectivity index (χ1n) is 9.93. The van der Waals surface area contributed by atoms with Crippen LogP contribution in [0.1, 0.15) is 55.7 Å². The smallest absolute Gasteiger partial charge is 0.249 e. The summed E-state index contributed by atoms with van der Waals surface area (Å²) in [5.41, 5.74) is 1.69. The fourth-order valence-corrected chi connectivity index (χ4v) is 3.64. The predicted octanol–water partition coefficient (Wildman–Crippen LogP) is 4.19. The monoisotopic (exact) mass is 382 g/mol. The summed E-state index contributed by atoms with van der Waals surface area (Å²) in [5.74, 6) is -0.594. The third kappa shape index (κ3) is 5.18. The van der Waals surface area contributed by atoms with Gasteiger partial charge in [0, 0.05) is 19.5 Å². The van der Waals surface area contributed by atoms with E-state index in [4.69, 9.17) is 0 Å². The molecule has 1 heterocycles. The first-order valence-corrected chi connectivity index (χ1v) is 9.93. The molecule has 0 aromatic heterocycles. The summed E-state index contributed by atoms with van der Waals surface area (Å²) in [5, 5.41) is 2.94. The van der Waals surface area contributed by atoms with Crippen molar-refractivity contribution in [1.82, 2.24) is 10.2 Å². The third-order valence-corrected chi connectivity index (χ3v) is 5.28. The molecule has 1 N–H and O–H groups in total. The van der Waals surface area contributed by atoms with E-state index >= 15 is 0 Å². The van der Waals surface area contributed by atoms with Crippen molar-refractivity contribution in [2.45, 2.75) is 44.6 Å². The number of nitrogens with one attached hydrogen (secondary N) is 1. The van der Waals surface area contributed by atoms with Gasteiger partial charge in [0.05, 0.1) is 0 Å². The van der Waals surface area contributed by atoms with Gasteiger partial charge in [-0.15, -0.1) is 0 Å². The van der Waals surface area contributed by atoms with Crippen LogP contribution in [-0.2, 0) is 9.59 Å². The Bertz CT molecular complexity index is 786. The number of carbonyl (C=O) groups is 2. The van der Waals surface area contributed by atoms with Gasteiger partial charge < -0.3 is 10.2 Å². The summed E-state index contributed by atoms with van der Waals surface area (Å²) in [6.07, 6.45) is 3.38. The molecule has 0 spiro atoms. The number of halogens is 1. The van der Waals surface area contributed by atoms with Crippen LogP contribution in [-0.4, -0.2) is 29.8 Å². The topological polar surface area (TPSA) is 49.4 Å². The van der Waals surface area contributed by atoms with Crippen molar-refractivity contribution in [1.29, 1.82) is 0 Å². The summed E-state index contributed by atoms with van der Waals surface area (Å²) in [6, 6.07) is 14.9. The Labute approximate surface area is 165 Å². The molecule has 0 bridgehead atoms. The second kappa shape index (κ2) is 9.49. The van der Waals surface area contributed by atoms with Crippen molar-refractivity contribution >= 4 is 11.8 Å². The summed E-state index contributed by atoms with van der Waals surface area (Å²) >= 11 is 0. The fourth-order valence-electron chi connectivity index (χ4n) is 3.64. The Morgan fingerprint density at radius 1 is 0.964 bits per heavy atom. The number of nitrogens with zero attached hydrogens (tertiary/aromatic N) is 1. The second-order valence-electron chi connectivity index (χ2n) is 7.45. The molecular weight excluding hydrogens is 355 g/mol. The minimum absolute atomic E-state index is 0.0475. The van der Waals surface area contributed by atoms with Gasteiger partial charge >= 0.3 is 0 Å². The molecule has 1 fully saturated rings. The Kier molecular flexibility index (Phi) is 6.80. The molecule has 2 amide bonds. The normalized spacial score (nSPS) is 16.3. The number of hydrogen-bond donors (Lipinski definition) is 1. The number of rotatable bonds is 6. The van der Waals surface area contributed by atoms with Gasteiger partial charge in [0.25, 0.3) is 0 Å². The van der Waals surface area contributed by atoms with Gasteiger partial charge in [0.2, 0.25) is 11.8 Å². The van der Waals surface area contributed by atoms with E-state index < -0.39 is 6.04 Å². The van der Waals surface area contributed by atoms with E-state index in [2.05, 4.69) is 5.32 Å². The zero-order valence-corrected chi connectivity index (χ0v) is 16.2. The molecule has 2 aromatic carbocycles. The van der Waals surface area contributed by atoms with Gasteiger partial charge in [0.15, 0.2) is 0 Å². The maximum absolute atomic E-state index is 13.1. The van der Waals surface area contributed by atoms with Crippen LogP contribution >= 0.6 is 0 Å². The lowest BCUT2D eigenvalue weighted by molar-refractivity contribution is -0.137. The Balaban J connectivity index is 1.70. The van der Waals surface area contributed by atoms with Crippen LogP contribution in [0.3, 0.4) is 0 Å². The molecule has 2 aromatic rings. The number of benzene rings is 2. The quantitative estimate of drug-likeness (QED) is 0.814. The molecule has 4 nitrogen and oxygen atoms in total. The van der Waals surface area contributed by atoms with Crippen molar-refractivity contribution in [3.05, 3.63) is 71.5 Å². The van der Waals surface area contributed by atoms with E-state index in [1.807, 2.05) is 42.2 Å². The molecule has 0 saturated carbocycles. The lowest BCUT2D eigenvalue weighted by Gasteiger charge is -2.31. The maximum Gasteiger partial charge on any atom is 0.249 e. The largest absolute Gasteiger partial charge is 0.341 e. The highest BCUT2D eigenvalue weighted by Gasteiger charge is 2.28. The minimum Gasteiger partial charge on any atom is -0.341 e. The second-order valence-corrected chi connectivity index (χ2v) is 7.45. The molecule has 2 atom stereocenters. The maximum atomic E-state index is 13.1. The predicted molar refractivity (Wildman–Crippen MR) is 107 cm³/mol. The van der Waals surface area contributed by atoms with Crippen molar-refractivity contribution < 1.29 is 14.0 Å². The summed E-state index contributed by atoms with van der Waals surface area (Å²) < 4.78 is 13.1. The molecule has 0 aliphatic carbocycles. The first kappa shape index (κ1) is 20.1. The molecule has 3 rings (SSSR count). The first-order chi connectivity index (χ1) is 13.5. The number of likely N-dealkylation sites (tertiary alicyclic amines) is 1. The summed E-state index contributed by atoms with van der Waals surface area (Å²) in [4.78, 5) is 27.7. The van der Waals surface area contributed by atoms with Crippen LogP contribution in [0.25, 0.3) is 0 Å². The molecule has 28 heavy (non-hydrogen) atoms. The van der Waals surface area contributed by atoms with Crippen LogP contribution in [0.15, 0.2) is 54.6 Å². The SMILES string of the molecule is CC(CC(=O)N[C@H](C(=O)N1CCCCC1)c1ccccc1)c1ccc(F)cc1. The van der Waals surface area contributed by atoms with Crippen molar-refractivity contribution in [3.63, 3.8) is 0 Å². The Morgan fingerprint density at radius 3 is 2.25 bits per heavy atom. The van der Waals surface area contributed by atoms with Crippen LogP contribution in [0.2, 0.25) is 0 Å². The Morgan fingerprint density at radius 2 is 1.61 bits per heavy atom. The van der Waals surface area contributed by atoms with Gasteiger partial charge in [-0.1, -0.05) is 49.4 Å². The number of piperidine rings is 1. The Hall–Kier alpha value is -2.69. The van der Waals surface area contributed by atoms with E-state index in [0.717, 1.165) is 43.5 Å². The molecular formula is C23H27FN2O2. The highest BCUT2D eigenvalue weighted by molar-refractivity contribution is 5.89. The lowest BCUT2D eigenvalue weighted by atomic mass is 9.96. The zero-order chi connectivity index (χ0) is 19.9. The molecule has 1 unspecified atom stereocenters. The number of amides is 2. The molecule has 0 radical (unpaired) electrons. The van der Waals surface area contributed by atoms with E-state index in [9.17, 15) is 14.0 Å². The standard InChI is InChI=1S/C23H27FN2O2/c1-17(18-10-12-20(24)13-11-18)16-21(27)25-22(19-8-4-2-5-9-19)23(28)26-14-6-3-7-15-26/h2,4-5,8-13,17,22H,3,6-7,14-16H2,1H3,(H,25,27)/t17?,22-/m0/s1. The average Bonchev–Trinajstić information content (AvgIpc) is 2.73. The van der Waals surface area contributed by atoms with E-state index in [1.165, 1.54) is 12.1 Å². The lowest BCUT2D eigenvalue weighted by Crippen LogP contribution is -2.45. The van der Waals surface area contributed by atoms with Crippen LogP contribution in [0.5, 0.6) is 0 Å². The number of hydrogen-bond acceptors (Lipinski definition) is 2. The fraction of sp³-hybridized carbons (Fsp3) is 0.391. The van der Waals surface area contributed by atoms with Crippen molar-refractivity contribution in [3.8, 4) is 0 Å². The van der Waals surface area contributed by atoms with Crippen molar-refractivity contribution in [2.75, 3.05) is 13.1 Å². The average molecular weight is 382 g/mol. The zero-order valence-electron chi connectivity index (χ0n) is 16.2. The van der Waals surface area contributed by atoms with Gasteiger partial charge in [-0.25, -0.2) is 4.39 Å². The molecule has 148 valence electrons. The molecule has 1 aliphatic heterocycles. The summed E-state index contributed by atoms with van der Waals surface area (Å²) in [7, 11) is 0. The molecule has 1 aliphatic rings. The van der Waals surface area contributed by atoms with Gasteiger partial charge in [-0.05, 0) is 48.4 Å². The van der Waals surface area contributed by atoms with E-state index in [1.54, 1.807) is 12.1 Å². The third-order valence-electron chi connectivity index (χ3n) is 5.28. The van der Waals surface area contributed by atoms with Crippen molar-refractivity contribution in [2.24, 2.45) is 0 Å².